The number of anilines is 1. The fourth-order valence-electron chi connectivity index (χ4n) is 4.64. The minimum atomic E-state index is -5.44. The van der Waals surface area contributed by atoms with E-state index in [1.807, 2.05) is 0 Å². The van der Waals surface area contributed by atoms with Crippen LogP contribution in [0.5, 0.6) is 0 Å². The highest BCUT2D eigenvalue weighted by Gasteiger charge is 2.45. The van der Waals surface area contributed by atoms with E-state index >= 15 is 0 Å². The van der Waals surface area contributed by atoms with Crippen LogP contribution in [0.3, 0.4) is 0 Å². The Balaban J connectivity index is 1.36. The Morgan fingerprint density at radius 1 is 1.02 bits per heavy atom. The number of carbonyl (C=O) groups excluding carboxylic acids is 2. The number of hydrogen-bond acceptors (Lipinski definition) is 6. The number of benzene rings is 1. The Bertz CT molecular complexity index is 1870. The van der Waals surface area contributed by atoms with Crippen molar-refractivity contribution in [2.24, 2.45) is 0 Å². The molecule has 4 heterocycles. The predicted octanol–water partition coefficient (Wildman–Crippen LogP) is 3.85. The van der Waals surface area contributed by atoms with E-state index in [1.165, 1.54) is 33.7 Å². The summed E-state index contributed by atoms with van der Waals surface area (Å²) in [4.78, 5) is 49.2. The van der Waals surface area contributed by atoms with Gasteiger partial charge in [-0.25, -0.2) is 9.18 Å². The molecule has 0 radical (unpaired) electrons. The van der Waals surface area contributed by atoms with Crippen LogP contribution in [0.4, 0.5) is 36.7 Å². The van der Waals surface area contributed by atoms with Gasteiger partial charge in [0, 0.05) is 24.4 Å². The van der Waals surface area contributed by atoms with E-state index in [2.05, 4.69) is 14.8 Å². The van der Waals surface area contributed by atoms with Crippen molar-refractivity contribution in [2.75, 3.05) is 31.1 Å². The lowest BCUT2D eigenvalue weighted by atomic mass is 10.0. The summed E-state index contributed by atoms with van der Waals surface area (Å²) in [6.07, 6.45) is -8.46. The van der Waals surface area contributed by atoms with Crippen LogP contribution < -0.4 is 20.0 Å². The van der Waals surface area contributed by atoms with Crippen LogP contribution in [0.15, 0.2) is 47.5 Å². The highest BCUT2D eigenvalue weighted by atomic mass is 35.5. The Morgan fingerprint density at radius 3 is 2.36 bits per heavy atom. The molecule has 0 spiro atoms. The number of fused-ring (bicyclic) bond motifs is 1. The molecule has 5 rings (SSSR count). The summed E-state index contributed by atoms with van der Waals surface area (Å²) in [6, 6.07) is 5.48. The van der Waals surface area contributed by atoms with Gasteiger partial charge in [-0.3, -0.25) is 23.7 Å². The minimum Gasteiger partial charge on any atom is -0.332 e. The molecule has 3 aromatic heterocycles. The summed E-state index contributed by atoms with van der Waals surface area (Å²) in [5.41, 5.74) is -1.15. The van der Waals surface area contributed by atoms with Crippen molar-refractivity contribution in [3.63, 3.8) is 0 Å². The lowest BCUT2D eigenvalue weighted by Crippen LogP contribution is -2.57. The van der Waals surface area contributed by atoms with Gasteiger partial charge >= 0.3 is 24.3 Å². The second-order valence-corrected chi connectivity index (χ2v) is 10.5. The molecule has 1 aliphatic rings. The molecule has 0 atom stereocenters. The van der Waals surface area contributed by atoms with E-state index in [0.29, 0.717) is 23.5 Å². The largest absolute Gasteiger partial charge is 0.495 e. The highest BCUT2D eigenvalue weighted by molar-refractivity contribution is 6.42. The zero-order valence-corrected chi connectivity index (χ0v) is 23.9. The molecule has 1 aliphatic heterocycles. The van der Waals surface area contributed by atoms with Gasteiger partial charge in [0.1, 0.15) is 22.7 Å². The molecular formula is C26H18Cl2F7N6O4+. The van der Waals surface area contributed by atoms with Gasteiger partial charge < -0.3 is 9.88 Å². The molecule has 1 N–H and O–H groups in total. The maximum Gasteiger partial charge on any atom is 0.495 e. The molecule has 0 saturated carbocycles. The van der Waals surface area contributed by atoms with Gasteiger partial charge in [0.25, 0.3) is 11.5 Å². The number of nitrogens with one attached hydrogen (secondary N) is 1. The topological polar surface area (TPSA) is 104 Å². The van der Waals surface area contributed by atoms with E-state index in [0.717, 1.165) is 11.0 Å². The number of alkyl halides is 6. The van der Waals surface area contributed by atoms with Crippen LogP contribution in [0.2, 0.25) is 10.2 Å². The average Bonchev–Trinajstić information content (AvgIpc) is 3.29. The smallest absolute Gasteiger partial charge is 0.332 e. The monoisotopic (exact) mass is 681 g/mol. The van der Waals surface area contributed by atoms with E-state index < -0.39 is 47.2 Å². The van der Waals surface area contributed by atoms with Crippen molar-refractivity contribution < 1.29 is 49.9 Å². The molecule has 0 unspecified atom stereocenters. The number of amides is 1. The molecule has 1 aromatic carbocycles. The van der Waals surface area contributed by atoms with Gasteiger partial charge in [-0.1, -0.05) is 34.3 Å². The average molecular weight is 682 g/mol. The molecule has 0 bridgehead atoms. The van der Waals surface area contributed by atoms with E-state index in [1.54, 1.807) is 0 Å². The fourth-order valence-corrected chi connectivity index (χ4v) is 5.08. The highest BCUT2D eigenvalue weighted by Crippen LogP contribution is 2.29. The van der Waals surface area contributed by atoms with Crippen molar-refractivity contribution in [2.45, 2.75) is 18.8 Å². The number of aromatic amines is 1. The standard InChI is InChI=1S/C26H17Cl2F7N6O4/c27-16-11-18-21(42)36-12-14(41(18)20(16)28)9-13-1-2-17(29)15(10-13)22(43)38-5-7-39(8-6-38)24-37-19(25(30,31)32)3-4-40(24)45-23(44)26(33,34)35/h1-4,10-12H,5-9H2/p+1. The molecule has 1 amide bonds. The van der Waals surface area contributed by atoms with Crippen molar-refractivity contribution >= 4 is 46.5 Å². The number of rotatable bonds is 5. The van der Waals surface area contributed by atoms with Crippen LogP contribution in [-0.4, -0.2) is 63.5 Å². The van der Waals surface area contributed by atoms with Crippen LogP contribution >= 0.6 is 23.2 Å². The first kappa shape index (κ1) is 32.0. The van der Waals surface area contributed by atoms with Crippen molar-refractivity contribution in [1.82, 2.24) is 19.3 Å². The van der Waals surface area contributed by atoms with Gasteiger partial charge in [0.15, 0.2) is 0 Å². The molecule has 1 saturated heterocycles. The summed E-state index contributed by atoms with van der Waals surface area (Å²) in [7, 11) is 0. The number of carbonyl (C=O) groups is 2. The molecule has 10 nitrogen and oxygen atoms in total. The lowest BCUT2D eigenvalue weighted by Gasteiger charge is -2.31. The first-order chi connectivity index (χ1) is 21.0. The van der Waals surface area contributed by atoms with Gasteiger partial charge in [0.2, 0.25) is 5.69 Å². The van der Waals surface area contributed by atoms with Crippen LogP contribution in [-0.2, 0) is 17.4 Å². The molecule has 45 heavy (non-hydrogen) atoms. The van der Waals surface area contributed by atoms with E-state index in [-0.39, 0.29) is 58.6 Å². The summed E-state index contributed by atoms with van der Waals surface area (Å²) < 4.78 is 94.6. The van der Waals surface area contributed by atoms with E-state index in [4.69, 9.17) is 23.2 Å². The van der Waals surface area contributed by atoms with Crippen molar-refractivity contribution in [3.05, 3.63) is 91.6 Å². The Hall–Kier alpha value is -4.38. The first-order valence-electron chi connectivity index (χ1n) is 12.7. The third-order valence-corrected chi connectivity index (χ3v) is 7.53. The number of piperazine rings is 1. The second-order valence-electron chi connectivity index (χ2n) is 9.70. The quantitative estimate of drug-likeness (QED) is 0.254. The third kappa shape index (κ3) is 6.54. The molecule has 0 aliphatic carbocycles. The van der Waals surface area contributed by atoms with Crippen molar-refractivity contribution in [3.8, 4) is 0 Å². The van der Waals surface area contributed by atoms with Gasteiger partial charge in [-0.05, 0) is 28.5 Å². The van der Waals surface area contributed by atoms with E-state index in [9.17, 15) is 45.1 Å². The number of aromatic nitrogens is 4. The van der Waals surface area contributed by atoms with Crippen LogP contribution in [0.1, 0.15) is 27.3 Å². The number of H-pyrrole nitrogens is 1. The Labute approximate surface area is 257 Å². The number of hydrogen-bond donors (Lipinski definition) is 1. The maximum atomic E-state index is 14.8. The molecule has 4 aromatic rings. The van der Waals surface area contributed by atoms with Crippen molar-refractivity contribution in [1.29, 1.82) is 0 Å². The second kappa shape index (κ2) is 11.8. The van der Waals surface area contributed by atoms with Crippen LogP contribution in [0, 0.1) is 5.82 Å². The Kier molecular flexibility index (Phi) is 8.43. The molecule has 238 valence electrons. The van der Waals surface area contributed by atoms with Gasteiger partial charge in [-0.2, -0.15) is 26.3 Å². The normalized spacial score (nSPS) is 14.2. The third-order valence-electron chi connectivity index (χ3n) is 6.77. The van der Waals surface area contributed by atoms with Gasteiger partial charge in [0.05, 0.1) is 36.8 Å². The minimum absolute atomic E-state index is 0.0776. The number of halogens is 9. The SMILES string of the molecule is O=C(c1cc(Cc2c[nH]c(=O)c3cc(Cl)c(Cl)n23)ccc1F)N1CCN(c2nc(C(F)(F)F)cc[n+]2OC(=O)C(F)(F)F)CC1. The van der Waals surface area contributed by atoms with Gasteiger partial charge in [-0.15, -0.1) is 0 Å². The maximum absolute atomic E-state index is 14.8. The lowest BCUT2D eigenvalue weighted by molar-refractivity contribution is -0.862. The molecule has 19 heteroatoms. The molecular weight excluding hydrogens is 664 g/mol. The first-order valence-corrected chi connectivity index (χ1v) is 13.5. The summed E-state index contributed by atoms with van der Waals surface area (Å²) >= 11 is 12.3. The zero-order valence-electron chi connectivity index (χ0n) is 22.3. The number of nitrogens with zero attached hydrogens (tertiary/aromatic N) is 5. The summed E-state index contributed by atoms with van der Waals surface area (Å²) in [5, 5.41) is 0.210. The predicted molar refractivity (Wildman–Crippen MR) is 142 cm³/mol. The summed E-state index contributed by atoms with van der Waals surface area (Å²) in [6.45, 7) is -0.919. The zero-order chi connectivity index (χ0) is 32.8. The Morgan fingerprint density at radius 2 is 1.71 bits per heavy atom. The van der Waals surface area contributed by atoms with Crippen LogP contribution in [0.25, 0.3) is 5.52 Å². The summed E-state index contributed by atoms with van der Waals surface area (Å²) in [5.74, 6) is -5.09. The molecule has 1 fully saturated rings. The fraction of sp³-hybridized carbons (Fsp3) is 0.269.